The van der Waals surface area contributed by atoms with E-state index < -0.39 is 0 Å². The maximum absolute atomic E-state index is 12.0. The molecule has 18 heavy (non-hydrogen) atoms. The van der Waals surface area contributed by atoms with Crippen LogP contribution in [-0.4, -0.2) is 19.1 Å². The van der Waals surface area contributed by atoms with E-state index in [0.717, 1.165) is 24.2 Å². The van der Waals surface area contributed by atoms with Crippen LogP contribution in [0.1, 0.15) is 49.5 Å². The highest BCUT2D eigenvalue weighted by atomic mass is 16.5. The van der Waals surface area contributed by atoms with Crippen molar-refractivity contribution in [3.63, 3.8) is 0 Å². The summed E-state index contributed by atoms with van der Waals surface area (Å²) in [7, 11) is 1.66. The Balaban J connectivity index is 2.29. The van der Waals surface area contributed by atoms with Gasteiger partial charge in [-0.2, -0.15) is 0 Å². The van der Waals surface area contributed by atoms with E-state index in [1.54, 1.807) is 7.11 Å². The first-order chi connectivity index (χ1) is 8.41. The van der Waals surface area contributed by atoms with Crippen molar-refractivity contribution >= 4 is 5.91 Å². The lowest BCUT2D eigenvalue weighted by Gasteiger charge is -2.22. The first-order valence-electron chi connectivity index (χ1n) is 6.41. The quantitative estimate of drug-likeness (QED) is 0.892. The number of hydrogen-bond donors (Lipinski definition) is 1. The number of ether oxygens (including phenoxy) is 1. The Bertz CT molecular complexity index is 456. The van der Waals surface area contributed by atoms with Gasteiger partial charge < -0.3 is 10.1 Å². The third-order valence-corrected chi connectivity index (χ3v) is 3.18. The highest BCUT2D eigenvalue weighted by Crippen LogP contribution is 2.32. The molecule has 1 aliphatic rings. The molecule has 3 nitrogen and oxygen atoms in total. The maximum Gasteiger partial charge on any atom is 0.251 e. The van der Waals surface area contributed by atoms with Crippen LogP contribution in [0.25, 0.3) is 0 Å². The van der Waals surface area contributed by atoms with Gasteiger partial charge in [-0.1, -0.05) is 20.8 Å². The highest BCUT2D eigenvalue weighted by molar-refractivity contribution is 5.95. The lowest BCUT2D eigenvalue weighted by atomic mass is 9.85. The van der Waals surface area contributed by atoms with Crippen molar-refractivity contribution in [3.05, 3.63) is 29.3 Å². The topological polar surface area (TPSA) is 38.3 Å². The smallest absolute Gasteiger partial charge is 0.251 e. The average molecular weight is 247 g/mol. The van der Waals surface area contributed by atoms with Gasteiger partial charge in [0, 0.05) is 17.2 Å². The van der Waals surface area contributed by atoms with Gasteiger partial charge in [0.25, 0.3) is 5.91 Å². The molecule has 0 aromatic heterocycles. The number of benzene rings is 1. The molecule has 0 atom stereocenters. The number of methoxy groups -OCH3 is 1. The van der Waals surface area contributed by atoms with E-state index in [4.69, 9.17) is 4.74 Å². The minimum atomic E-state index is -0.0405. The lowest BCUT2D eigenvalue weighted by Crippen LogP contribution is -2.26. The Morgan fingerprint density at radius 3 is 2.50 bits per heavy atom. The minimum Gasteiger partial charge on any atom is -0.496 e. The van der Waals surface area contributed by atoms with Crippen LogP contribution in [0.5, 0.6) is 5.75 Å². The van der Waals surface area contributed by atoms with E-state index in [1.807, 2.05) is 18.2 Å². The largest absolute Gasteiger partial charge is 0.496 e. The van der Waals surface area contributed by atoms with Crippen molar-refractivity contribution in [2.45, 2.75) is 45.1 Å². The Hall–Kier alpha value is -1.51. The number of nitrogens with one attached hydrogen (secondary N) is 1. The van der Waals surface area contributed by atoms with E-state index in [2.05, 4.69) is 26.1 Å². The fraction of sp³-hybridized carbons (Fsp3) is 0.533. The molecule has 2 rings (SSSR count). The van der Waals surface area contributed by atoms with Gasteiger partial charge in [0.05, 0.1) is 7.11 Å². The molecule has 0 heterocycles. The zero-order valence-electron chi connectivity index (χ0n) is 11.5. The Morgan fingerprint density at radius 2 is 2.00 bits per heavy atom. The molecule has 1 amide bonds. The summed E-state index contributed by atoms with van der Waals surface area (Å²) in [5, 5.41) is 3.01. The summed E-state index contributed by atoms with van der Waals surface area (Å²) in [6, 6.07) is 6.03. The van der Waals surface area contributed by atoms with Gasteiger partial charge in [0.15, 0.2) is 0 Å². The van der Waals surface area contributed by atoms with Gasteiger partial charge >= 0.3 is 0 Å². The Labute approximate surface area is 109 Å². The molecular weight excluding hydrogens is 226 g/mol. The predicted octanol–water partition coefficient (Wildman–Crippen LogP) is 2.88. The summed E-state index contributed by atoms with van der Waals surface area (Å²) >= 11 is 0. The molecule has 0 radical (unpaired) electrons. The van der Waals surface area contributed by atoms with Gasteiger partial charge in [-0.15, -0.1) is 0 Å². The van der Waals surface area contributed by atoms with Crippen molar-refractivity contribution in [1.82, 2.24) is 5.32 Å². The summed E-state index contributed by atoms with van der Waals surface area (Å²) in [5.41, 5.74) is 1.74. The maximum atomic E-state index is 12.0. The zero-order chi connectivity index (χ0) is 13.3. The summed E-state index contributed by atoms with van der Waals surface area (Å²) < 4.78 is 5.37. The van der Waals surface area contributed by atoms with E-state index in [-0.39, 0.29) is 11.3 Å². The lowest BCUT2D eigenvalue weighted by molar-refractivity contribution is 0.0951. The van der Waals surface area contributed by atoms with Gasteiger partial charge in [-0.25, -0.2) is 0 Å². The van der Waals surface area contributed by atoms with Gasteiger partial charge in [0.1, 0.15) is 5.75 Å². The highest BCUT2D eigenvalue weighted by Gasteiger charge is 2.25. The molecule has 0 saturated heterocycles. The van der Waals surface area contributed by atoms with Crippen LogP contribution < -0.4 is 10.1 Å². The molecule has 1 aliphatic carbocycles. The van der Waals surface area contributed by atoms with Crippen LogP contribution in [0.3, 0.4) is 0 Å². The standard InChI is InChI=1S/C15H21NO2/c1-15(2,3)12-9-10(5-8-13(12)18-4)14(17)16-11-6-7-11/h5,8-9,11H,6-7H2,1-4H3,(H,16,17). The summed E-state index contributed by atoms with van der Waals surface area (Å²) in [6.45, 7) is 6.36. The number of carbonyl (C=O) groups excluding carboxylic acids is 1. The van der Waals surface area contributed by atoms with Crippen molar-refractivity contribution < 1.29 is 9.53 Å². The first-order valence-corrected chi connectivity index (χ1v) is 6.41. The number of carbonyl (C=O) groups is 1. The molecule has 0 spiro atoms. The molecule has 1 fully saturated rings. The van der Waals surface area contributed by atoms with Crippen LogP contribution in [0.15, 0.2) is 18.2 Å². The van der Waals surface area contributed by atoms with Crippen LogP contribution in [0, 0.1) is 0 Å². The van der Waals surface area contributed by atoms with Crippen molar-refractivity contribution in [2.75, 3.05) is 7.11 Å². The predicted molar refractivity (Wildman–Crippen MR) is 72.2 cm³/mol. The second-order valence-electron chi connectivity index (χ2n) is 5.91. The SMILES string of the molecule is COc1ccc(C(=O)NC2CC2)cc1C(C)(C)C. The molecular formula is C15H21NO2. The molecule has 0 bridgehead atoms. The summed E-state index contributed by atoms with van der Waals surface area (Å²) in [6.07, 6.45) is 2.21. The Morgan fingerprint density at radius 1 is 1.33 bits per heavy atom. The number of hydrogen-bond acceptors (Lipinski definition) is 2. The number of rotatable bonds is 3. The van der Waals surface area contributed by atoms with Gasteiger partial charge in [0.2, 0.25) is 0 Å². The van der Waals surface area contributed by atoms with Crippen molar-refractivity contribution in [2.24, 2.45) is 0 Å². The van der Waals surface area contributed by atoms with Crippen LogP contribution in [0.4, 0.5) is 0 Å². The molecule has 98 valence electrons. The molecule has 1 saturated carbocycles. The molecule has 0 unspecified atom stereocenters. The zero-order valence-corrected chi connectivity index (χ0v) is 11.5. The van der Waals surface area contributed by atoms with Crippen molar-refractivity contribution in [3.8, 4) is 5.75 Å². The van der Waals surface area contributed by atoms with Gasteiger partial charge in [-0.05, 0) is 36.5 Å². The monoisotopic (exact) mass is 247 g/mol. The first kappa shape index (κ1) is 12.9. The van der Waals surface area contributed by atoms with E-state index in [0.29, 0.717) is 11.6 Å². The van der Waals surface area contributed by atoms with E-state index in [9.17, 15) is 4.79 Å². The number of amides is 1. The van der Waals surface area contributed by atoms with Crippen LogP contribution in [0.2, 0.25) is 0 Å². The van der Waals surface area contributed by atoms with Crippen molar-refractivity contribution in [1.29, 1.82) is 0 Å². The third kappa shape index (κ3) is 2.84. The van der Waals surface area contributed by atoms with Gasteiger partial charge in [-0.3, -0.25) is 4.79 Å². The van der Waals surface area contributed by atoms with E-state index in [1.165, 1.54) is 0 Å². The molecule has 0 aliphatic heterocycles. The summed E-state index contributed by atoms with van der Waals surface area (Å²) in [4.78, 5) is 12.0. The second-order valence-corrected chi connectivity index (χ2v) is 5.91. The van der Waals surface area contributed by atoms with E-state index >= 15 is 0 Å². The fourth-order valence-electron chi connectivity index (χ4n) is 1.93. The van der Waals surface area contributed by atoms with Crippen LogP contribution >= 0.6 is 0 Å². The average Bonchev–Trinajstić information content (AvgIpc) is 3.11. The molecule has 1 aromatic carbocycles. The second kappa shape index (κ2) is 4.63. The minimum absolute atomic E-state index is 0.0191. The molecule has 3 heteroatoms. The third-order valence-electron chi connectivity index (χ3n) is 3.18. The fourth-order valence-corrected chi connectivity index (χ4v) is 1.93. The molecule has 1 aromatic rings. The van der Waals surface area contributed by atoms with Crippen LogP contribution in [-0.2, 0) is 5.41 Å². The Kier molecular flexibility index (Phi) is 3.33. The molecule has 1 N–H and O–H groups in total. The summed E-state index contributed by atoms with van der Waals surface area (Å²) in [5.74, 6) is 0.858. The normalized spacial score (nSPS) is 15.3.